The molecule has 1 fully saturated rings. The van der Waals surface area contributed by atoms with Gasteiger partial charge in [-0.05, 0) is 33.6 Å². The summed E-state index contributed by atoms with van der Waals surface area (Å²) in [5.41, 5.74) is 0.983. The van der Waals surface area contributed by atoms with Crippen molar-refractivity contribution in [1.82, 2.24) is 19.8 Å². The molecule has 3 heterocycles. The van der Waals surface area contributed by atoms with E-state index in [9.17, 15) is 8.42 Å². The lowest BCUT2D eigenvalue weighted by Crippen LogP contribution is -2.57. The minimum atomic E-state index is -3.05. The van der Waals surface area contributed by atoms with E-state index in [2.05, 4.69) is 21.0 Å². The molecule has 1 N–H and O–H groups in total. The Balaban J connectivity index is 0.00000243. The summed E-state index contributed by atoms with van der Waals surface area (Å²) in [4.78, 5) is 11.5. The maximum Gasteiger partial charge on any atom is 0.194 e. The molecule has 0 spiro atoms. The van der Waals surface area contributed by atoms with E-state index < -0.39 is 14.6 Å². The number of aromatic nitrogens is 2. The number of guanidine groups is 1. The smallest absolute Gasteiger partial charge is 0.194 e. The molecule has 7 nitrogen and oxygen atoms in total. The van der Waals surface area contributed by atoms with Gasteiger partial charge in [0.2, 0.25) is 0 Å². The molecule has 0 radical (unpaired) electrons. The first kappa shape index (κ1) is 21.5. The van der Waals surface area contributed by atoms with Crippen molar-refractivity contribution in [2.24, 2.45) is 4.99 Å². The fourth-order valence-electron chi connectivity index (χ4n) is 3.45. The van der Waals surface area contributed by atoms with Gasteiger partial charge < -0.3 is 14.8 Å². The highest BCUT2D eigenvalue weighted by Crippen LogP contribution is 2.24. The van der Waals surface area contributed by atoms with Crippen LogP contribution in [0.2, 0.25) is 0 Å². The number of hydrogen-bond acceptors (Lipinski definition) is 4. The van der Waals surface area contributed by atoms with Gasteiger partial charge in [-0.3, -0.25) is 0 Å². The van der Waals surface area contributed by atoms with E-state index in [0.29, 0.717) is 19.6 Å². The molecule has 1 aromatic heterocycles. The van der Waals surface area contributed by atoms with Crippen LogP contribution >= 0.6 is 24.0 Å². The predicted molar refractivity (Wildman–Crippen MR) is 115 cm³/mol. The van der Waals surface area contributed by atoms with E-state index >= 15 is 0 Å². The fourth-order valence-corrected chi connectivity index (χ4v) is 4.82. The molecule has 1 aromatic rings. The summed E-state index contributed by atoms with van der Waals surface area (Å²) in [6.45, 7) is 8.87. The van der Waals surface area contributed by atoms with Crippen molar-refractivity contribution in [1.29, 1.82) is 0 Å². The van der Waals surface area contributed by atoms with Crippen LogP contribution in [0.4, 0.5) is 0 Å². The number of hydrogen-bond donors (Lipinski definition) is 1. The number of fused-ring (bicyclic) bond motifs is 1. The Morgan fingerprint density at radius 1 is 1.35 bits per heavy atom. The molecule has 2 aliphatic heterocycles. The molecule has 0 bridgehead atoms. The highest BCUT2D eigenvalue weighted by molar-refractivity contribution is 14.0. The van der Waals surface area contributed by atoms with E-state index in [1.807, 2.05) is 6.92 Å². The van der Waals surface area contributed by atoms with Gasteiger partial charge in [-0.15, -0.1) is 24.0 Å². The van der Waals surface area contributed by atoms with E-state index in [1.165, 1.54) is 12.8 Å². The van der Waals surface area contributed by atoms with Gasteiger partial charge in [-0.1, -0.05) is 0 Å². The van der Waals surface area contributed by atoms with Crippen LogP contribution in [0, 0.1) is 0 Å². The van der Waals surface area contributed by atoms with Gasteiger partial charge >= 0.3 is 0 Å². The van der Waals surface area contributed by atoms with Gasteiger partial charge in [0.05, 0.1) is 22.7 Å². The highest BCUT2D eigenvalue weighted by atomic mass is 127. The molecule has 0 saturated carbocycles. The number of nitrogens with one attached hydrogen (secondary N) is 1. The summed E-state index contributed by atoms with van der Waals surface area (Å²) in [7, 11) is -3.05. The Labute approximate surface area is 173 Å². The zero-order chi connectivity index (χ0) is 18.1. The average molecular weight is 495 g/mol. The van der Waals surface area contributed by atoms with Crippen LogP contribution in [-0.2, 0) is 29.3 Å². The van der Waals surface area contributed by atoms with E-state index in [4.69, 9.17) is 9.98 Å². The van der Waals surface area contributed by atoms with Crippen LogP contribution in [0.25, 0.3) is 0 Å². The molecule has 26 heavy (non-hydrogen) atoms. The maximum absolute atomic E-state index is 12.2. The van der Waals surface area contributed by atoms with Crippen LogP contribution in [0.1, 0.15) is 45.1 Å². The number of sulfone groups is 1. The third-order valence-corrected chi connectivity index (χ3v) is 7.56. The van der Waals surface area contributed by atoms with Crippen LogP contribution in [0.5, 0.6) is 0 Å². The second-order valence-corrected chi connectivity index (χ2v) is 10.2. The molecule has 0 aromatic carbocycles. The van der Waals surface area contributed by atoms with Crippen LogP contribution in [-0.4, -0.2) is 59.0 Å². The summed E-state index contributed by atoms with van der Waals surface area (Å²) in [5.74, 6) is 2.10. The first-order valence-corrected chi connectivity index (χ1v) is 10.8. The monoisotopic (exact) mass is 495 g/mol. The minimum Gasteiger partial charge on any atom is -0.357 e. The Hall–Kier alpha value is -0.840. The van der Waals surface area contributed by atoms with E-state index in [0.717, 1.165) is 37.0 Å². The molecular weight excluding hydrogens is 465 g/mol. The molecule has 0 amide bonds. The van der Waals surface area contributed by atoms with Crippen molar-refractivity contribution in [2.45, 2.75) is 57.9 Å². The maximum atomic E-state index is 12.2. The van der Waals surface area contributed by atoms with Gasteiger partial charge in [0.25, 0.3) is 0 Å². The number of rotatable bonds is 3. The Morgan fingerprint density at radius 2 is 2.12 bits per heavy atom. The fraction of sp³-hybridized carbons (Fsp3) is 0.765. The minimum absolute atomic E-state index is 0. The van der Waals surface area contributed by atoms with Crippen molar-refractivity contribution in [3.05, 3.63) is 17.7 Å². The summed E-state index contributed by atoms with van der Waals surface area (Å²) >= 11 is 0. The molecule has 0 atom stereocenters. The molecule has 9 heteroatoms. The van der Waals surface area contributed by atoms with Crippen LogP contribution in [0.3, 0.4) is 0 Å². The van der Waals surface area contributed by atoms with Gasteiger partial charge in [0.15, 0.2) is 15.8 Å². The Bertz CT molecular complexity index is 734. The lowest BCUT2D eigenvalue weighted by molar-refractivity contribution is 0.353. The Kier molecular flexibility index (Phi) is 6.98. The number of aliphatic imine (C=N–C) groups is 1. The van der Waals surface area contributed by atoms with E-state index in [1.54, 1.807) is 13.8 Å². The molecule has 0 aliphatic carbocycles. The average Bonchev–Trinajstić information content (AvgIpc) is 2.97. The number of nitrogens with zero attached hydrogens (tertiary/aromatic N) is 4. The molecular formula is C17H30IN5O2S. The van der Waals surface area contributed by atoms with Gasteiger partial charge in [-0.25, -0.2) is 18.4 Å². The van der Waals surface area contributed by atoms with Gasteiger partial charge in [0.1, 0.15) is 5.82 Å². The van der Waals surface area contributed by atoms with Crippen LogP contribution < -0.4 is 5.32 Å². The summed E-state index contributed by atoms with van der Waals surface area (Å²) in [6.07, 6.45) is 5.57. The van der Waals surface area contributed by atoms with Gasteiger partial charge in [0, 0.05) is 38.8 Å². The summed E-state index contributed by atoms with van der Waals surface area (Å²) in [6, 6.07) is 0. The second-order valence-electron chi connectivity index (χ2n) is 7.47. The van der Waals surface area contributed by atoms with Crippen molar-refractivity contribution >= 4 is 39.8 Å². The number of halogens is 1. The molecule has 1 saturated heterocycles. The lowest BCUT2D eigenvalue weighted by atomic mass is 10.2. The SMILES string of the molecule is CCNC(=NCc1cn2c(n1)CCCC2)N1CCS(=O)(=O)C(C)(C)C1.I. The highest BCUT2D eigenvalue weighted by Gasteiger charge is 2.40. The zero-order valence-electron chi connectivity index (χ0n) is 15.9. The van der Waals surface area contributed by atoms with E-state index in [-0.39, 0.29) is 29.7 Å². The molecule has 148 valence electrons. The normalized spacial score (nSPS) is 21.7. The third kappa shape index (κ3) is 4.52. The lowest BCUT2D eigenvalue weighted by Gasteiger charge is -2.39. The summed E-state index contributed by atoms with van der Waals surface area (Å²) in [5, 5.41) is 3.30. The standard InChI is InChI=1S/C17H29N5O2S.HI/c1-4-18-16(22-9-10-25(23,24)17(2,3)13-22)19-11-14-12-21-8-6-5-7-15(21)20-14;/h12H,4-11,13H2,1-3H3,(H,18,19);1H. The van der Waals surface area contributed by atoms with Crippen molar-refractivity contribution in [3.8, 4) is 0 Å². The Morgan fingerprint density at radius 3 is 2.77 bits per heavy atom. The van der Waals surface area contributed by atoms with Gasteiger partial charge in [-0.2, -0.15) is 0 Å². The number of imidazole rings is 1. The zero-order valence-corrected chi connectivity index (χ0v) is 19.0. The first-order valence-electron chi connectivity index (χ1n) is 9.13. The molecule has 0 unspecified atom stereocenters. The molecule has 2 aliphatic rings. The second kappa shape index (κ2) is 8.45. The predicted octanol–water partition coefficient (Wildman–Crippen LogP) is 1.81. The topological polar surface area (TPSA) is 79.6 Å². The van der Waals surface area contributed by atoms with Crippen LogP contribution in [0.15, 0.2) is 11.2 Å². The third-order valence-electron chi connectivity index (χ3n) is 5.03. The quantitative estimate of drug-likeness (QED) is 0.393. The summed E-state index contributed by atoms with van der Waals surface area (Å²) < 4.78 is 25.9. The molecule has 3 rings (SSSR count). The van der Waals surface area contributed by atoms with Crippen molar-refractivity contribution < 1.29 is 8.42 Å². The van der Waals surface area contributed by atoms with Crippen molar-refractivity contribution in [2.75, 3.05) is 25.4 Å². The van der Waals surface area contributed by atoms with Crippen molar-refractivity contribution in [3.63, 3.8) is 0 Å². The first-order chi connectivity index (χ1) is 11.8. The number of aryl methyl sites for hydroxylation is 2. The largest absolute Gasteiger partial charge is 0.357 e.